The Morgan fingerprint density at radius 3 is 1.20 bits per heavy atom. The maximum Gasteiger partial charge on any atom is 3.00 e. The summed E-state index contributed by atoms with van der Waals surface area (Å²) in [5.41, 5.74) is 28.1. The Balaban J connectivity index is 0.00000686. The predicted molar refractivity (Wildman–Crippen MR) is 352 cm³/mol. The molecule has 0 radical (unpaired) electrons. The molecular formula is C82H54IrN3. The van der Waals surface area contributed by atoms with Crippen LogP contribution in [0.3, 0.4) is 0 Å². The summed E-state index contributed by atoms with van der Waals surface area (Å²) in [6.45, 7) is 2.16. The molecule has 0 amide bonds. The van der Waals surface area contributed by atoms with E-state index in [2.05, 4.69) is 280 Å². The van der Waals surface area contributed by atoms with E-state index >= 15 is 0 Å². The van der Waals surface area contributed by atoms with Crippen LogP contribution in [0.2, 0.25) is 0 Å². The molecule has 0 atom stereocenters. The molecule has 0 aliphatic carbocycles. The van der Waals surface area contributed by atoms with Crippen LogP contribution in [0.25, 0.3) is 145 Å². The van der Waals surface area contributed by atoms with Gasteiger partial charge in [-0.25, -0.2) is 0 Å². The molecule has 0 aliphatic rings. The van der Waals surface area contributed by atoms with Gasteiger partial charge in [0, 0.05) is 29.8 Å². The summed E-state index contributed by atoms with van der Waals surface area (Å²) in [5, 5.41) is 0. The van der Waals surface area contributed by atoms with Crippen molar-refractivity contribution in [1.29, 1.82) is 0 Å². The average molecular weight is 1270 g/mol. The van der Waals surface area contributed by atoms with Crippen molar-refractivity contribution in [3.63, 3.8) is 0 Å². The van der Waals surface area contributed by atoms with Crippen molar-refractivity contribution in [3.8, 4) is 145 Å². The van der Waals surface area contributed by atoms with Gasteiger partial charge in [0.2, 0.25) is 0 Å². The first-order valence-corrected chi connectivity index (χ1v) is 28.7. The van der Waals surface area contributed by atoms with Gasteiger partial charge in [0.1, 0.15) is 0 Å². The van der Waals surface area contributed by atoms with Crippen molar-refractivity contribution >= 4 is 0 Å². The number of aryl methyl sites for hydroxylation is 1. The van der Waals surface area contributed by atoms with Gasteiger partial charge in [-0.2, -0.15) is 0 Å². The van der Waals surface area contributed by atoms with E-state index in [-0.39, 0.29) is 20.1 Å². The molecule has 0 unspecified atom stereocenters. The molecule has 0 saturated carbocycles. The first-order chi connectivity index (χ1) is 42.1. The fourth-order valence-corrected chi connectivity index (χ4v) is 11.9. The minimum Gasteiger partial charge on any atom is -0.305 e. The Hall–Kier alpha value is -10.5. The number of aromatic nitrogens is 3. The number of rotatable bonds is 13. The van der Waals surface area contributed by atoms with Crippen molar-refractivity contribution in [2.24, 2.45) is 0 Å². The maximum absolute atomic E-state index is 5.06. The number of hydrogen-bond donors (Lipinski definition) is 0. The van der Waals surface area contributed by atoms with Crippen molar-refractivity contribution in [3.05, 3.63) is 334 Å². The van der Waals surface area contributed by atoms with Crippen molar-refractivity contribution in [1.82, 2.24) is 15.0 Å². The summed E-state index contributed by atoms with van der Waals surface area (Å²) < 4.78 is 0. The van der Waals surface area contributed by atoms with Crippen LogP contribution in [-0.4, -0.2) is 15.0 Å². The van der Waals surface area contributed by atoms with E-state index in [9.17, 15) is 0 Å². The number of benzene rings is 11. The molecule has 4 heteroatoms. The molecule has 0 spiro atoms. The van der Waals surface area contributed by atoms with Crippen LogP contribution in [0.4, 0.5) is 0 Å². The Kier molecular flexibility index (Phi) is 15.8. The van der Waals surface area contributed by atoms with Gasteiger partial charge in [-0.05, 0) is 80.5 Å². The summed E-state index contributed by atoms with van der Waals surface area (Å²) in [5.74, 6) is 0. The van der Waals surface area contributed by atoms with Crippen LogP contribution in [0, 0.1) is 25.1 Å². The second-order valence-corrected chi connectivity index (χ2v) is 21.2. The van der Waals surface area contributed by atoms with Gasteiger partial charge < -0.3 is 9.97 Å². The molecule has 0 bridgehead atoms. The molecule has 86 heavy (non-hydrogen) atoms. The van der Waals surface area contributed by atoms with Crippen LogP contribution in [0.5, 0.6) is 0 Å². The molecule has 14 aromatic rings. The van der Waals surface area contributed by atoms with Gasteiger partial charge in [-0.1, -0.05) is 310 Å². The number of pyridine rings is 3. The van der Waals surface area contributed by atoms with E-state index in [1.54, 1.807) is 0 Å². The minimum absolute atomic E-state index is 0. The summed E-state index contributed by atoms with van der Waals surface area (Å²) >= 11 is 0. The second-order valence-electron chi connectivity index (χ2n) is 21.2. The molecule has 3 nitrogen and oxygen atoms in total. The smallest absolute Gasteiger partial charge is 0.305 e. The van der Waals surface area contributed by atoms with Crippen LogP contribution < -0.4 is 0 Å². The molecule has 0 N–H and O–H groups in total. The van der Waals surface area contributed by atoms with Gasteiger partial charge in [0.05, 0.1) is 0 Å². The van der Waals surface area contributed by atoms with Crippen molar-refractivity contribution in [2.45, 2.75) is 6.92 Å². The largest absolute Gasteiger partial charge is 3.00 e. The van der Waals surface area contributed by atoms with Crippen LogP contribution >= 0.6 is 0 Å². The summed E-state index contributed by atoms with van der Waals surface area (Å²) in [6.07, 6.45) is 5.70. The number of nitrogens with zero attached hydrogens (tertiary/aromatic N) is 3. The third-order valence-electron chi connectivity index (χ3n) is 16.0. The van der Waals surface area contributed by atoms with Gasteiger partial charge in [0.25, 0.3) is 0 Å². The molecule has 0 saturated heterocycles. The zero-order valence-electron chi connectivity index (χ0n) is 47.1. The zero-order valence-corrected chi connectivity index (χ0v) is 49.5. The molecule has 3 heterocycles. The van der Waals surface area contributed by atoms with E-state index in [0.717, 1.165) is 151 Å². The van der Waals surface area contributed by atoms with Crippen LogP contribution in [-0.2, 0) is 20.1 Å². The second kappa shape index (κ2) is 24.8. The van der Waals surface area contributed by atoms with E-state index in [1.807, 2.05) is 55.0 Å². The Labute approximate surface area is 517 Å². The zero-order chi connectivity index (χ0) is 56.9. The summed E-state index contributed by atoms with van der Waals surface area (Å²) in [6, 6.07) is 115. The summed E-state index contributed by atoms with van der Waals surface area (Å²) in [7, 11) is 0. The van der Waals surface area contributed by atoms with Gasteiger partial charge in [-0.3, -0.25) is 4.98 Å². The van der Waals surface area contributed by atoms with Crippen molar-refractivity contribution < 1.29 is 20.1 Å². The fraction of sp³-hybridized carbons (Fsp3) is 0.0122. The van der Waals surface area contributed by atoms with Gasteiger partial charge >= 0.3 is 20.1 Å². The van der Waals surface area contributed by atoms with Gasteiger partial charge in [-0.15, -0.1) is 65.2 Å². The normalized spacial score (nSPS) is 11.0. The quantitative estimate of drug-likeness (QED) is 0.108. The first kappa shape index (κ1) is 54.8. The average Bonchev–Trinajstić information content (AvgIpc) is 1.02. The monoisotopic (exact) mass is 1270 g/mol. The SMILES string of the molecule is Cc1cc(-c2[c-]cc(-c3ccccc3-c3ccc(-c4[c-]c(-c5ccccn5)cc(-c5ccccc5)c4-c4ccccc4)c(-c4ccccc4-c4c[c-]c(-c5ccccn5)cc4-c4ccccc4)c3)c(-c3ccccc3)c2)ncc1-c1ccccc1.[Ir+3]. The van der Waals surface area contributed by atoms with Crippen LogP contribution in [0.1, 0.15) is 5.56 Å². The minimum atomic E-state index is 0. The number of hydrogen-bond acceptors (Lipinski definition) is 3. The molecule has 406 valence electrons. The molecule has 3 aromatic heterocycles. The van der Waals surface area contributed by atoms with E-state index in [0.29, 0.717) is 0 Å². The van der Waals surface area contributed by atoms with Crippen molar-refractivity contribution in [2.75, 3.05) is 0 Å². The Bertz CT molecular complexity index is 4670. The topological polar surface area (TPSA) is 38.7 Å². The Morgan fingerprint density at radius 1 is 0.267 bits per heavy atom. The van der Waals surface area contributed by atoms with E-state index in [4.69, 9.17) is 15.0 Å². The third kappa shape index (κ3) is 11.0. The maximum atomic E-state index is 5.06. The standard InChI is InChI=1S/C82H54N3.Ir/c1-56-49-81(85-55-78(56)60-31-13-5-14-32-60)64-43-46-70(74(52-64)58-27-9-3-10-28-58)67-36-18-17-35-66(67)62-41-44-72(77-54-65(80-40-22-24-48-84-80)53-75(59-29-11-4-12-30-59)82(77)61-33-15-6-16-34-61)76(50-62)69-38-20-19-37-68(69)71-45-42-63(79-39-21-23-47-83-79)51-73(71)57-25-7-2-8-26-57;/h2-41,44-53,55H,1H3;/q-3;+3. The molecule has 14 rings (SSSR count). The molecule has 0 fully saturated rings. The Morgan fingerprint density at radius 2 is 0.686 bits per heavy atom. The third-order valence-corrected chi connectivity index (χ3v) is 16.0. The molecule has 11 aromatic carbocycles. The van der Waals surface area contributed by atoms with Gasteiger partial charge in [0.15, 0.2) is 0 Å². The van der Waals surface area contributed by atoms with Crippen LogP contribution in [0.15, 0.2) is 310 Å². The molecular weight excluding hydrogens is 1220 g/mol. The summed E-state index contributed by atoms with van der Waals surface area (Å²) in [4.78, 5) is 14.8. The molecule has 0 aliphatic heterocycles. The van der Waals surface area contributed by atoms with E-state index in [1.165, 1.54) is 0 Å². The van der Waals surface area contributed by atoms with E-state index < -0.39 is 0 Å². The first-order valence-electron chi connectivity index (χ1n) is 28.7. The fourth-order valence-electron chi connectivity index (χ4n) is 11.9. The predicted octanol–water partition coefficient (Wildman–Crippen LogP) is 21.2.